The first kappa shape index (κ1) is 10.8. The van der Waals surface area contributed by atoms with E-state index in [0.717, 1.165) is 0 Å². The van der Waals surface area contributed by atoms with Crippen LogP contribution in [0.5, 0.6) is 0 Å². The fraction of sp³-hybridized carbons (Fsp3) is 0.333. The van der Waals surface area contributed by atoms with Crippen LogP contribution in [0.15, 0.2) is 18.2 Å². The molecule has 0 N–H and O–H groups in total. The third-order valence-electron chi connectivity index (χ3n) is 1.76. The van der Waals surface area contributed by atoms with Crippen LogP contribution in [0.2, 0.25) is 0 Å². The molecule has 1 rings (SSSR count). The summed E-state index contributed by atoms with van der Waals surface area (Å²) in [6, 6.07) is 4.40. The van der Waals surface area contributed by atoms with Gasteiger partial charge in [-0.3, -0.25) is 0 Å². The number of rotatable bonds is 1. The molecule has 4 heteroatoms. The number of halogens is 4. The summed E-state index contributed by atoms with van der Waals surface area (Å²) >= 11 is 1.88. The normalized spacial score (nSPS) is 11.8. The molecule has 0 unspecified atom stereocenters. The SMILES string of the molecule is CCc1ccc(I)cc1C(F)(F)F. The van der Waals surface area contributed by atoms with E-state index in [4.69, 9.17) is 0 Å². The minimum absolute atomic E-state index is 0.355. The highest BCUT2D eigenvalue weighted by atomic mass is 127. The van der Waals surface area contributed by atoms with Crippen LogP contribution in [0, 0.1) is 3.57 Å². The highest BCUT2D eigenvalue weighted by molar-refractivity contribution is 14.1. The molecule has 0 nitrogen and oxygen atoms in total. The second-order valence-corrected chi connectivity index (χ2v) is 3.90. The van der Waals surface area contributed by atoms with E-state index in [2.05, 4.69) is 0 Å². The van der Waals surface area contributed by atoms with Gasteiger partial charge in [0.25, 0.3) is 0 Å². The van der Waals surface area contributed by atoms with Gasteiger partial charge in [0.15, 0.2) is 0 Å². The number of hydrogen-bond acceptors (Lipinski definition) is 0. The molecule has 0 amide bonds. The number of benzene rings is 1. The van der Waals surface area contributed by atoms with E-state index in [-0.39, 0.29) is 0 Å². The third kappa shape index (κ3) is 2.59. The highest BCUT2D eigenvalue weighted by Gasteiger charge is 2.32. The van der Waals surface area contributed by atoms with Gasteiger partial charge in [-0.2, -0.15) is 13.2 Å². The van der Waals surface area contributed by atoms with Crippen molar-refractivity contribution in [3.05, 3.63) is 32.9 Å². The summed E-state index contributed by atoms with van der Waals surface area (Å²) in [5, 5.41) is 0. The Labute approximate surface area is 88.3 Å². The monoisotopic (exact) mass is 300 g/mol. The Bertz CT molecular complexity index is 304. The van der Waals surface area contributed by atoms with Crippen LogP contribution in [0.1, 0.15) is 18.1 Å². The van der Waals surface area contributed by atoms with Crippen molar-refractivity contribution < 1.29 is 13.2 Å². The molecule has 13 heavy (non-hydrogen) atoms. The van der Waals surface area contributed by atoms with Gasteiger partial charge in [-0.15, -0.1) is 0 Å². The molecule has 1 aromatic carbocycles. The molecule has 1 aromatic rings. The van der Waals surface area contributed by atoms with Crippen LogP contribution >= 0.6 is 22.6 Å². The zero-order chi connectivity index (χ0) is 10.1. The van der Waals surface area contributed by atoms with E-state index in [9.17, 15) is 13.2 Å². The molecule has 0 bridgehead atoms. The van der Waals surface area contributed by atoms with E-state index in [1.54, 1.807) is 13.0 Å². The predicted molar refractivity (Wildman–Crippen MR) is 53.5 cm³/mol. The molecule has 0 aliphatic rings. The lowest BCUT2D eigenvalue weighted by molar-refractivity contribution is -0.138. The van der Waals surface area contributed by atoms with Gasteiger partial charge >= 0.3 is 6.18 Å². The maximum absolute atomic E-state index is 12.4. The Morgan fingerprint density at radius 2 is 1.92 bits per heavy atom. The molecule has 0 heterocycles. The molecule has 0 fully saturated rings. The summed E-state index contributed by atoms with van der Waals surface area (Å²) < 4.78 is 37.8. The fourth-order valence-electron chi connectivity index (χ4n) is 1.12. The molecule has 72 valence electrons. The van der Waals surface area contributed by atoms with E-state index in [1.165, 1.54) is 12.1 Å². The number of aryl methyl sites for hydroxylation is 1. The van der Waals surface area contributed by atoms with Gasteiger partial charge in [-0.05, 0) is 46.7 Å². The Morgan fingerprint density at radius 1 is 1.31 bits per heavy atom. The molecule has 0 radical (unpaired) electrons. The summed E-state index contributed by atoms with van der Waals surface area (Å²) in [5.74, 6) is 0. The lowest BCUT2D eigenvalue weighted by atomic mass is 10.1. The van der Waals surface area contributed by atoms with Gasteiger partial charge in [0, 0.05) is 3.57 Å². The number of hydrogen-bond donors (Lipinski definition) is 0. The minimum Gasteiger partial charge on any atom is -0.166 e. The third-order valence-corrected chi connectivity index (χ3v) is 2.43. The Morgan fingerprint density at radius 3 is 2.38 bits per heavy atom. The van der Waals surface area contributed by atoms with Crippen molar-refractivity contribution in [3.63, 3.8) is 0 Å². The first-order chi connectivity index (χ1) is 5.95. The van der Waals surface area contributed by atoms with Crippen LogP contribution in [-0.2, 0) is 12.6 Å². The lowest BCUT2D eigenvalue weighted by Gasteiger charge is -2.11. The summed E-state index contributed by atoms with van der Waals surface area (Å²) in [4.78, 5) is 0. The van der Waals surface area contributed by atoms with Gasteiger partial charge in [0.2, 0.25) is 0 Å². The summed E-state index contributed by atoms with van der Waals surface area (Å²) in [5.41, 5.74) is -0.158. The van der Waals surface area contributed by atoms with Gasteiger partial charge in [0.1, 0.15) is 0 Å². The standard InChI is InChI=1S/C9H8F3I/c1-2-6-3-4-7(13)5-8(6)9(10,11)12/h3-5H,2H2,1H3. The van der Waals surface area contributed by atoms with E-state index in [1.807, 2.05) is 22.6 Å². The quantitative estimate of drug-likeness (QED) is 0.691. The molecule has 0 spiro atoms. The molecular formula is C9H8F3I. The maximum atomic E-state index is 12.4. The van der Waals surface area contributed by atoms with Crippen molar-refractivity contribution in [1.29, 1.82) is 0 Å². The maximum Gasteiger partial charge on any atom is 0.416 e. The van der Waals surface area contributed by atoms with Crippen molar-refractivity contribution in [1.82, 2.24) is 0 Å². The van der Waals surface area contributed by atoms with E-state index < -0.39 is 11.7 Å². The molecule has 0 aromatic heterocycles. The lowest BCUT2D eigenvalue weighted by Crippen LogP contribution is -2.08. The topological polar surface area (TPSA) is 0 Å². The molecular weight excluding hydrogens is 292 g/mol. The molecule has 0 saturated heterocycles. The van der Waals surface area contributed by atoms with Crippen molar-refractivity contribution >= 4 is 22.6 Å². The van der Waals surface area contributed by atoms with Crippen molar-refractivity contribution in [2.24, 2.45) is 0 Å². The average Bonchev–Trinajstić information content (AvgIpc) is 2.03. The second kappa shape index (κ2) is 3.86. The second-order valence-electron chi connectivity index (χ2n) is 2.65. The van der Waals surface area contributed by atoms with Gasteiger partial charge in [-0.25, -0.2) is 0 Å². The predicted octanol–water partition coefficient (Wildman–Crippen LogP) is 3.87. The summed E-state index contributed by atoms with van der Waals surface area (Å²) in [7, 11) is 0. The van der Waals surface area contributed by atoms with Crippen LogP contribution in [-0.4, -0.2) is 0 Å². The minimum atomic E-state index is -4.23. The largest absolute Gasteiger partial charge is 0.416 e. The van der Waals surface area contributed by atoms with Crippen molar-refractivity contribution in [2.45, 2.75) is 19.5 Å². The first-order valence-corrected chi connectivity index (χ1v) is 4.88. The van der Waals surface area contributed by atoms with E-state index in [0.29, 0.717) is 15.6 Å². The van der Waals surface area contributed by atoms with Crippen LogP contribution in [0.25, 0.3) is 0 Å². The molecule has 0 aliphatic carbocycles. The summed E-state index contributed by atoms with van der Waals surface area (Å²) in [6.45, 7) is 1.72. The number of alkyl halides is 3. The van der Waals surface area contributed by atoms with Gasteiger partial charge in [-0.1, -0.05) is 13.0 Å². The Balaban J connectivity index is 3.24. The average molecular weight is 300 g/mol. The molecule has 0 saturated carbocycles. The van der Waals surface area contributed by atoms with Crippen LogP contribution in [0.4, 0.5) is 13.2 Å². The molecule has 0 aliphatic heterocycles. The molecule has 0 atom stereocenters. The van der Waals surface area contributed by atoms with Crippen LogP contribution in [0.3, 0.4) is 0 Å². The summed E-state index contributed by atoms with van der Waals surface area (Å²) in [6.07, 6.45) is -3.82. The van der Waals surface area contributed by atoms with E-state index >= 15 is 0 Å². The first-order valence-electron chi connectivity index (χ1n) is 3.80. The van der Waals surface area contributed by atoms with Gasteiger partial charge in [0.05, 0.1) is 5.56 Å². The zero-order valence-corrected chi connectivity index (χ0v) is 9.11. The Kier molecular flexibility index (Phi) is 3.21. The van der Waals surface area contributed by atoms with Gasteiger partial charge < -0.3 is 0 Å². The Hall–Kier alpha value is -0.260. The zero-order valence-electron chi connectivity index (χ0n) is 6.95. The van der Waals surface area contributed by atoms with Crippen LogP contribution < -0.4 is 0 Å². The smallest absolute Gasteiger partial charge is 0.166 e. The highest BCUT2D eigenvalue weighted by Crippen LogP contribution is 2.33. The fourth-order valence-corrected chi connectivity index (χ4v) is 1.61. The van der Waals surface area contributed by atoms with Crippen molar-refractivity contribution in [3.8, 4) is 0 Å². The van der Waals surface area contributed by atoms with Crippen molar-refractivity contribution in [2.75, 3.05) is 0 Å².